The summed E-state index contributed by atoms with van der Waals surface area (Å²) in [7, 11) is 0. The number of amides is 1. The normalized spacial score (nSPS) is 26.7. The Kier molecular flexibility index (Phi) is 5.38. The van der Waals surface area contributed by atoms with E-state index in [4.69, 9.17) is 5.73 Å². The van der Waals surface area contributed by atoms with E-state index in [2.05, 4.69) is 16.3 Å². The van der Waals surface area contributed by atoms with Gasteiger partial charge in [0.25, 0.3) is 0 Å². The second kappa shape index (κ2) is 7.05. The van der Waals surface area contributed by atoms with E-state index in [0.717, 1.165) is 45.1 Å². The van der Waals surface area contributed by atoms with Crippen molar-refractivity contribution in [1.29, 1.82) is 5.26 Å². The van der Waals surface area contributed by atoms with Crippen LogP contribution in [0.2, 0.25) is 0 Å². The number of piperidine rings is 1. The Bertz CT molecular complexity index is 371. The first-order valence-corrected chi connectivity index (χ1v) is 7.85. The van der Waals surface area contributed by atoms with Gasteiger partial charge in [0, 0.05) is 12.6 Å². The number of nitrogens with zero attached hydrogens (tertiary/aromatic N) is 2. The minimum atomic E-state index is -0.622. The molecule has 1 heterocycles. The summed E-state index contributed by atoms with van der Waals surface area (Å²) in [6, 6.07) is 2.65. The van der Waals surface area contributed by atoms with Gasteiger partial charge in [-0.3, -0.25) is 9.69 Å². The van der Waals surface area contributed by atoms with Crippen molar-refractivity contribution in [1.82, 2.24) is 10.2 Å². The van der Waals surface area contributed by atoms with Crippen molar-refractivity contribution >= 4 is 5.91 Å². The monoisotopic (exact) mass is 278 g/mol. The van der Waals surface area contributed by atoms with Crippen LogP contribution >= 0.6 is 0 Å². The molecule has 0 bridgehead atoms. The minimum absolute atomic E-state index is 0.0196. The number of nitriles is 1. The van der Waals surface area contributed by atoms with Crippen LogP contribution in [-0.4, -0.2) is 42.0 Å². The average Bonchev–Trinajstić information content (AvgIpc) is 2.48. The van der Waals surface area contributed by atoms with Gasteiger partial charge in [-0.25, -0.2) is 0 Å². The fourth-order valence-corrected chi connectivity index (χ4v) is 3.45. The van der Waals surface area contributed by atoms with E-state index in [1.165, 1.54) is 12.8 Å². The highest BCUT2D eigenvalue weighted by Crippen LogP contribution is 2.27. The smallest absolute Gasteiger partial charge is 0.235 e. The third kappa shape index (κ3) is 3.71. The lowest BCUT2D eigenvalue weighted by Gasteiger charge is -2.36. The van der Waals surface area contributed by atoms with Gasteiger partial charge in [-0.15, -0.1) is 0 Å². The van der Waals surface area contributed by atoms with Crippen molar-refractivity contribution in [3.63, 3.8) is 0 Å². The van der Waals surface area contributed by atoms with E-state index in [9.17, 15) is 10.1 Å². The molecule has 0 radical (unpaired) electrons. The first kappa shape index (κ1) is 15.3. The van der Waals surface area contributed by atoms with E-state index in [-0.39, 0.29) is 5.91 Å². The Morgan fingerprint density at radius 1 is 1.30 bits per heavy atom. The van der Waals surface area contributed by atoms with Crippen LogP contribution in [-0.2, 0) is 4.79 Å². The highest BCUT2D eigenvalue weighted by Gasteiger charge is 2.34. The predicted octanol–water partition coefficient (Wildman–Crippen LogP) is 1.14. The molecular formula is C15H26N4O. The van der Waals surface area contributed by atoms with Crippen LogP contribution in [0.1, 0.15) is 51.4 Å². The summed E-state index contributed by atoms with van der Waals surface area (Å²) in [4.78, 5) is 14.4. The molecule has 1 aliphatic heterocycles. The molecule has 112 valence electrons. The molecule has 3 N–H and O–H groups in total. The second-order valence-corrected chi connectivity index (χ2v) is 6.16. The molecule has 0 spiro atoms. The molecule has 1 amide bonds. The Morgan fingerprint density at radius 3 is 2.70 bits per heavy atom. The maximum atomic E-state index is 12.3. The molecule has 2 fully saturated rings. The first-order chi connectivity index (χ1) is 9.69. The predicted molar refractivity (Wildman–Crippen MR) is 77.8 cm³/mol. The fraction of sp³-hybridized carbons (Fsp3) is 0.867. The molecule has 1 saturated heterocycles. The van der Waals surface area contributed by atoms with Gasteiger partial charge in [0.2, 0.25) is 5.91 Å². The molecule has 1 aliphatic carbocycles. The molecule has 0 aromatic rings. The lowest BCUT2D eigenvalue weighted by Crippen LogP contribution is -2.54. The number of nitrogens with one attached hydrogen (secondary N) is 1. The van der Waals surface area contributed by atoms with Crippen molar-refractivity contribution in [2.75, 3.05) is 19.6 Å². The van der Waals surface area contributed by atoms with E-state index >= 15 is 0 Å². The molecule has 1 atom stereocenters. The van der Waals surface area contributed by atoms with Crippen LogP contribution in [0.3, 0.4) is 0 Å². The summed E-state index contributed by atoms with van der Waals surface area (Å²) in [5, 5.41) is 12.4. The highest BCUT2D eigenvalue weighted by atomic mass is 16.2. The van der Waals surface area contributed by atoms with Crippen LogP contribution in [0.4, 0.5) is 0 Å². The second-order valence-electron chi connectivity index (χ2n) is 6.16. The van der Waals surface area contributed by atoms with Gasteiger partial charge in [-0.05, 0) is 32.2 Å². The van der Waals surface area contributed by atoms with E-state index < -0.39 is 5.54 Å². The number of hydrogen-bond acceptors (Lipinski definition) is 4. The van der Waals surface area contributed by atoms with E-state index in [0.29, 0.717) is 19.1 Å². The van der Waals surface area contributed by atoms with Gasteiger partial charge in [0.1, 0.15) is 5.54 Å². The van der Waals surface area contributed by atoms with Gasteiger partial charge in [0.05, 0.1) is 12.6 Å². The first-order valence-electron chi connectivity index (χ1n) is 7.85. The zero-order valence-corrected chi connectivity index (χ0v) is 12.2. The van der Waals surface area contributed by atoms with Crippen LogP contribution in [0.5, 0.6) is 0 Å². The highest BCUT2D eigenvalue weighted by molar-refractivity contribution is 5.79. The molecule has 5 heteroatoms. The number of hydrogen-bond donors (Lipinski definition) is 2. The number of likely N-dealkylation sites (tertiary alicyclic amines) is 1. The summed E-state index contributed by atoms with van der Waals surface area (Å²) in [6.07, 6.45) is 8.21. The molecule has 2 aliphatic rings. The molecule has 1 unspecified atom stereocenters. The molecule has 5 nitrogen and oxygen atoms in total. The molecule has 20 heavy (non-hydrogen) atoms. The number of nitrogens with two attached hydrogens (primary N) is 1. The lowest BCUT2D eigenvalue weighted by atomic mass is 9.83. The van der Waals surface area contributed by atoms with Crippen molar-refractivity contribution < 1.29 is 4.79 Å². The van der Waals surface area contributed by atoms with Gasteiger partial charge in [-0.2, -0.15) is 5.26 Å². The minimum Gasteiger partial charge on any atom is -0.337 e. The third-order valence-corrected chi connectivity index (χ3v) is 4.67. The number of rotatable bonds is 4. The van der Waals surface area contributed by atoms with Gasteiger partial charge < -0.3 is 11.1 Å². The van der Waals surface area contributed by atoms with Gasteiger partial charge in [0.15, 0.2) is 0 Å². The molecule has 2 rings (SSSR count). The zero-order valence-electron chi connectivity index (χ0n) is 12.2. The van der Waals surface area contributed by atoms with Crippen LogP contribution < -0.4 is 11.1 Å². The van der Waals surface area contributed by atoms with Gasteiger partial charge >= 0.3 is 0 Å². The van der Waals surface area contributed by atoms with Crippen molar-refractivity contribution in [3.05, 3.63) is 0 Å². The lowest BCUT2D eigenvalue weighted by molar-refractivity contribution is -0.124. The summed E-state index contributed by atoms with van der Waals surface area (Å²) in [5.41, 5.74) is 5.16. The fourth-order valence-electron chi connectivity index (χ4n) is 3.45. The summed E-state index contributed by atoms with van der Waals surface area (Å²) >= 11 is 0. The maximum absolute atomic E-state index is 12.3. The van der Waals surface area contributed by atoms with Crippen LogP contribution in [0.15, 0.2) is 0 Å². The standard InChI is InChI=1S/C15H26N4O/c16-10-13-6-2-5-9-19(13)11-14(20)18-15(12-17)7-3-1-4-8-15/h13H,1-11,16H2,(H,18,20). The Morgan fingerprint density at radius 2 is 2.05 bits per heavy atom. The largest absolute Gasteiger partial charge is 0.337 e. The number of carbonyl (C=O) groups excluding carboxylic acids is 1. The van der Waals surface area contributed by atoms with E-state index in [1.807, 2.05) is 0 Å². The van der Waals surface area contributed by atoms with Crippen LogP contribution in [0, 0.1) is 11.3 Å². The molecule has 1 saturated carbocycles. The van der Waals surface area contributed by atoms with E-state index in [1.54, 1.807) is 0 Å². The Hall–Kier alpha value is -1.12. The Labute approximate surface area is 121 Å². The van der Waals surface area contributed by atoms with Gasteiger partial charge in [-0.1, -0.05) is 25.7 Å². The van der Waals surface area contributed by atoms with Crippen molar-refractivity contribution in [2.24, 2.45) is 5.73 Å². The Balaban J connectivity index is 1.89. The molecule has 0 aromatic heterocycles. The summed E-state index contributed by atoms with van der Waals surface area (Å²) < 4.78 is 0. The third-order valence-electron chi connectivity index (χ3n) is 4.67. The topological polar surface area (TPSA) is 82.2 Å². The van der Waals surface area contributed by atoms with Crippen LogP contribution in [0.25, 0.3) is 0 Å². The van der Waals surface area contributed by atoms with Crippen molar-refractivity contribution in [2.45, 2.75) is 62.9 Å². The molecule has 0 aromatic carbocycles. The molecular weight excluding hydrogens is 252 g/mol. The summed E-state index contributed by atoms with van der Waals surface area (Å²) in [5.74, 6) is -0.0196. The number of carbonyl (C=O) groups is 1. The average molecular weight is 278 g/mol. The SMILES string of the molecule is N#CC1(NC(=O)CN2CCCCC2CN)CCCCC1. The summed E-state index contributed by atoms with van der Waals surface area (Å²) in [6.45, 7) is 1.93. The van der Waals surface area contributed by atoms with Crippen molar-refractivity contribution in [3.8, 4) is 6.07 Å². The maximum Gasteiger partial charge on any atom is 0.235 e. The zero-order chi connectivity index (χ0) is 14.4. The quantitative estimate of drug-likeness (QED) is 0.808.